The molecular formula is C14H15NO2. The van der Waals surface area contributed by atoms with Gasteiger partial charge in [-0.15, -0.1) is 0 Å². The SMILES string of the molecule is COc1ccccc1C(C)/N=C/c1ccco1. The lowest BCUT2D eigenvalue weighted by molar-refractivity contribution is 0.407. The van der Waals surface area contributed by atoms with E-state index in [4.69, 9.17) is 9.15 Å². The molecule has 0 saturated carbocycles. The molecule has 0 amide bonds. The number of para-hydroxylation sites is 1. The van der Waals surface area contributed by atoms with Crippen LogP contribution in [-0.4, -0.2) is 13.3 Å². The highest BCUT2D eigenvalue weighted by Gasteiger charge is 2.08. The Bertz CT molecular complexity index is 489. The van der Waals surface area contributed by atoms with Crippen LogP contribution in [0, 0.1) is 0 Å². The van der Waals surface area contributed by atoms with Crippen molar-refractivity contribution >= 4 is 6.21 Å². The summed E-state index contributed by atoms with van der Waals surface area (Å²) in [5, 5.41) is 0. The maximum atomic E-state index is 5.31. The van der Waals surface area contributed by atoms with Gasteiger partial charge < -0.3 is 9.15 Å². The maximum Gasteiger partial charge on any atom is 0.144 e. The van der Waals surface area contributed by atoms with Crippen LogP contribution in [0.1, 0.15) is 24.3 Å². The summed E-state index contributed by atoms with van der Waals surface area (Å²) in [6.07, 6.45) is 3.37. The highest BCUT2D eigenvalue weighted by atomic mass is 16.5. The number of methoxy groups -OCH3 is 1. The van der Waals surface area contributed by atoms with E-state index in [-0.39, 0.29) is 6.04 Å². The van der Waals surface area contributed by atoms with E-state index in [1.54, 1.807) is 19.6 Å². The van der Waals surface area contributed by atoms with Gasteiger partial charge in [0.15, 0.2) is 0 Å². The second-order valence-corrected chi connectivity index (χ2v) is 3.71. The Hall–Kier alpha value is -2.03. The van der Waals surface area contributed by atoms with Gasteiger partial charge in [-0.3, -0.25) is 4.99 Å². The number of hydrogen-bond acceptors (Lipinski definition) is 3. The molecule has 3 nitrogen and oxygen atoms in total. The van der Waals surface area contributed by atoms with Crippen LogP contribution in [0.25, 0.3) is 0 Å². The number of rotatable bonds is 4. The molecule has 1 atom stereocenters. The van der Waals surface area contributed by atoms with Gasteiger partial charge >= 0.3 is 0 Å². The van der Waals surface area contributed by atoms with Gasteiger partial charge in [-0.25, -0.2) is 0 Å². The molecule has 0 aliphatic carbocycles. The summed E-state index contributed by atoms with van der Waals surface area (Å²) in [5.74, 6) is 1.61. The third kappa shape index (κ3) is 2.75. The molecule has 0 spiro atoms. The Kier molecular flexibility index (Phi) is 3.60. The van der Waals surface area contributed by atoms with Gasteiger partial charge in [-0.1, -0.05) is 18.2 Å². The average Bonchev–Trinajstić information content (AvgIpc) is 2.89. The van der Waals surface area contributed by atoms with E-state index in [0.29, 0.717) is 0 Å². The molecular weight excluding hydrogens is 214 g/mol. The van der Waals surface area contributed by atoms with Crippen LogP contribution in [0.3, 0.4) is 0 Å². The number of hydrogen-bond donors (Lipinski definition) is 0. The van der Waals surface area contributed by atoms with Crippen LogP contribution in [-0.2, 0) is 0 Å². The highest BCUT2D eigenvalue weighted by Crippen LogP contribution is 2.26. The summed E-state index contributed by atoms with van der Waals surface area (Å²) in [7, 11) is 1.67. The molecule has 2 rings (SSSR count). The predicted molar refractivity (Wildman–Crippen MR) is 67.7 cm³/mol. The second-order valence-electron chi connectivity index (χ2n) is 3.71. The zero-order valence-corrected chi connectivity index (χ0v) is 9.96. The van der Waals surface area contributed by atoms with E-state index < -0.39 is 0 Å². The number of nitrogens with zero attached hydrogens (tertiary/aromatic N) is 1. The van der Waals surface area contributed by atoms with E-state index in [0.717, 1.165) is 17.1 Å². The van der Waals surface area contributed by atoms with Gasteiger partial charge in [-0.05, 0) is 25.1 Å². The van der Waals surface area contributed by atoms with E-state index in [2.05, 4.69) is 4.99 Å². The van der Waals surface area contributed by atoms with Crippen LogP contribution >= 0.6 is 0 Å². The minimum atomic E-state index is 0.0382. The van der Waals surface area contributed by atoms with E-state index in [9.17, 15) is 0 Å². The van der Waals surface area contributed by atoms with Crippen molar-refractivity contribution < 1.29 is 9.15 Å². The predicted octanol–water partition coefficient (Wildman–Crippen LogP) is 3.47. The molecule has 0 saturated heterocycles. The zero-order valence-electron chi connectivity index (χ0n) is 9.96. The lowest BCUT2D eigenvalue weighted by Gasteiger charge is -2.11. The Balaban J connectivity index is 2.17. The van der Waals surface area contributed by atoms with Crippen molar-refractivity contribution in [3.8, 4) is 5.75 Å². The Morgan fingerprint density at radius 3 is 2.76 bits per heavy atom. The molecule has 0 aliphatic heterocycles. The van der Waals surface area contributed by atoms with Crippen molar-refractivity contribution in [1.29, 1.82) is 0 Å². The maximum absolute atomic E-state index is 5.31. The van der Waals surface area contributed by atoms with Crippen molar-refractivity contribution in [1.82, 2.24) is 0 Å². The largest absolute Gasteiger partial charge is 0.496 e. The van der Waals surface area contributed by atoms with Crippen LogP contribution in [0.15, 0.2) is 52.1 Å². The molecule has 0 N–H and O–H groups in total. The average molecular weight is 229 g/mol. The van der Waals surface area contributed by atoms with Gasteiger partial charge in [0.1, 0.15) is 11.5 Å². The van der Waals surface area contributed by atoms with Crippen molar-refractivity contribution in [2.75, 3.05) is 7.11 Å². The molecule has 2 aromatic rings. The zero-order chi connectivity index (χ0) is 12.1. The fraction of sp³-hybridized carbons (Fsp3) is 0.214. The number of aliphatic imine (C=N–C) groups is 1. The molecule has 3 heteroatoms. The molecule has 1 aromatic carbocycles. The van der Waals surface area contributed by atoms with Crippen LogP contribution in [0.2, 0.25) is 0 Å². The molecule has 0 radical (unpaired) electrons. The Labute approximate surface area is 101 Å². The smallest absolute Gasteiger partial charge is 0.144 e. The molecule has 0 fully saturated rings. The van der Waals surface area contributed by atoms with Crippen LogP contribution in [0.5, 0.6) is 5.75 Å². The molecule has 17 heavy (non-hydrogen) atoms. The van der Waals surface area contributed by atoms with E-state index in [1.807, 2.05) is 43.3 Å². The molecule has 88 valence electrons. The molecule has 0 bridgehead atoms. The third-order valence-electron chi connectivity index (χ3n) is 2.56. The Morgan fingerprint density at radius 1 is 1.24 bits per heavy atom. The summed E-state index contributed by atoms with van der Waals surface area (Å²) in [6, 6.07) is 11.6. The molecule has 1 unspecified atom stereocenters. The lowest BCUT2D eigenvalue weighted by atomic mass is 10.1. The van der Waals surface area contributed by atoms with Gasteiger partial charge in [0, 0.05) is 5.56 Å². The van der Waals surface area contributed by atoms with Gasteiger partial charge in [0.2, 0.25) is 0 Å². The van der Waals surface area contributed by atoms with Gasteiger partial charge in [0.05, 0.1) is 25.6 Å². The van der Waals surface area contributed by atoms with Crippen LogP contribution in [0.4, 0.5) is 0 Å². The lowest BCUT2D eigenvalue weighted by Crippen LogP contribution is -1.95. The van der Waals surface area contributed by atoms with Crippen molar-refractivity contribution in [3.05, 3.63) is 54.0 Å². The number of furan rings is 1. The summed E-state index contributed by atoms with van der Waals surface area (Å²) >= 11 is 0. The number of ether oxygens (including phenoxy) is 1. The second kappa shape index (κ2) is 5.34. The van der Waals surface area contributed by atoms with Crippen LogP contribution < -0.4 is 4.74 Å². The van der Waals surface area contributed by atoms with Gasteiger partial charge in [-0.2, -0.15) is 0 Å². The summed E-state index contributed by atoms with van der Waals surface area (Å²) in [6.45, 7) is 2.03. The van der Waals surface area contributed by atoms with E-state index >= 15 is 0 Å². The summed E-state index contributed by atoms with van der Waals surface area (Å²) in [4.78, 5) is 4.45. The highest BCUT2D eigenvalue weighted by molar-refractivity contribution is 5.75. The first-order valence-corrected chi connectivity index (χ1v) is 5.51. The van der Waals surface area contributed by atoms with Gasteiger partial charge in [0.25, 0.3) is 0 Å². The molecule has 0 aliphatic rings. The van der Waals surface area contributed by atoms with Crippen molar-refractivity contribution in [2.45, 2.75) is 13.0 Å². The first-order chi connectivity index (χ1) is 8.31. The first kappa shape index (κ1) is 11.5. The first-order valence-electron chi connectivity index (χ1n) is 5.51. The Morgan fingerprint density at radius 2 is 2.06 bits per heavy atom. The topological polar surface area (TPSA) is 34.7 Å². The van der Waals surface area contributed by atoms with E-state index in [1.165, 1.54) is 0 Å². The summed E-state index contributed by atoms with van der Waals surface area (Å²) < 4.78 is 10.5. The van der Waals surface area contributed by atoms with Crippen molar-refractivity contribution in [2.24, 2.45) is 4.99 Å². The van der Waals surface area contributed by atoms with Crippen molar-refractivity contribution in [3.63, 3.8) is 0 Å². The fourth-order valence-corrected chi connectivity index (χ4v) is 1.64. The molecule has 1 heterocycles. The monoisotopic (exact) mass is 229 g/mol. The minimum Gasteiger partial charge on any atom is -0.496 e. The number of benzene rings is 1. The quantitative estimate of drug-likeness (QED) is 0.752. The minimum absolute atomic E-state index is 0.0382. The standard InChI is InChI=1S/C14H15NO2/c1-11(15-10-12-6-5-9-17-12)13-7-3-4-8-14(13)16-2/h3-11H,1-2H3/b15-10+. The fourth-order valence-electron chi connectivity index (χ4n) is 1.64. The third-order valence-corrected chi connectivity index (χ3v) is 2.56. The molecule has 1 aromatic heterocycles. The summed E-state index contributed by atoms with van der Waals surface area (Å²) in [5.41, 5.74) is 1.07. The normalized spacial score (nSPS) is 12.8.